The van der Waals surface area contributed by atoms with E-state index in [0.29, 0.717) is 5.56 Å². The number of benzene rings is 1. The maximum atomic E-state index is 8.77. The van der Waals surface area contributed by atoms with E-state index in [1.54, 1.807) is 0 Å². The first kappa shape index (κ1) is 12.9. The minimum absolute atomic E-state index is 0.0895. The minimum atomic E-state index is -0.183. The second-order valence-corrected chi connectivity index (χ2v) is 6.06. The van der Waals surface area contributed by atoms with Crippen molar-refractivity contribution in [1.82, 2.24) is 0 Å². The molecule has 96 valence electrons. The van der Waals surface area contributed by atoms with Crippen LogP contribution < -0.4 is 5.32 Å². The van der Waals surface area contributed by atoms with Crippen molar-refractivity contribution in [1.29, 1.82) is 5.26 Å². The van der Waals surface area contributed by atoms with E-state index in [0.717, 1.165) is 12.1 Å². The summed E-state index contributed by atoms with van der Waals surface area (Å²) in [5.74, 6) is 0. The van der Waals surface area contributed by atoms with Crippen LogP contribution >= 0.6 is 0 Å². The predicted octanol–water partition coefficient (Wildman–Crippen LogP) is 3.32. The highest BCUT2D eigenvalue weighted by atomic mass is 16.5. The zero-order chi connectivity index (χ0) is 13.4. The quantitative estimate of drug-likeness (QED) is 0.868. The fraction of sp³-hybridized carbons (Fsp3) is 0.533. The summed E-state index contributed by atoms with van der Waals surface area (Å²) in [5, 5.41) is 12.3. The van der Waals surface area contributed by atoms with Crippen molar-refractivity contribution in [2.24, 2.45) is 0 Å². The first-order valence-electron chi connectivity index (χ1n) is 6.29. The zero-order valence-corrected chi connectivity index (χ0v) is 11.4. The number of hydrogen-bond donors (Lipinski definition) is 1. The molecule has 1 heterocycles. The molecule has 0 spiro atoms. The van der Waals surface area contributed by atoms with Crippen molar-refractivity contribution in [3.63, 3.8) is 0 Å². The summed E-state index contributed by atoms with van der Waals surface area (Å²) < 4.78 is 6.05. The molecule has 0 bridgehead atoms. The molecule has 0 aromatic heterocycles. The Morgan fingerprint density at radius 2 is 1.83 bits per heavy atom. The average Bonchev–Trinajstić information content (AvgIpc) is 2.48. The monoisotopic (exact) mass is 244 g/mol. The summed E-state index contributed by atoms with van der Waals surface area (Å²) in [5.41, 5.74) is 1.45. The van der Waals surface area contributed by atoms with Gasteiger partial charge in [-0.1, -0.05) is 0 Å². The van der Waals surface area contributed by atoms with Gasteiger partial charge in [-0.25, -0.2) is 0 Å². The molecule has 1 saturated heterocycles. The molecule has 1 fully saturated rings. The van der Waals surface area contributed by atoms with Gasteiger partial charge in [0.15, 0.2) is 0 Å². The molecule has 2 rings (SSSR count). The molecular formula is C15H20N2O. The van der Waals surface area contributed by atoms with Crippen molar-refractivity contribution < 1.29 is 4.74 Å². The highest BCUT2D eigenvalue weighted by Gasteiger charge is 2.45. The van der Waals surface area contributed by atoms with Gasteiger partial charge < -0.3 is 10.1 Å². The number of rotatable bonds is 2. The van der Waals surface area contributed by atoms with Gasteiger partial charge in [0.1, 0.15) is 0 Å². The third-order valence-corrected chi connectivity index (χ3v) is 3.43. The van der Waals surface area contributed by atoms with Gasteiger partial charge in [-0.2, -0.15) is 5.26 Å². The molecule has 1 aromatic rings. The molecule has 3 nitrogen and oxygen atoms in total. The number of nitrogens with zero attached hydrogens (tertiary/aromatic N) is 1. The fourth-order valence-electron chi connectivity index (χ4n) is 2.63. The molecular weight excluding hydrogens is 224 g/mol. The first-order chi connectivity index (χ1) is 8.32. The van der Waals surface area contributed by atoms with Gasteiger partial charge in [0.2, 0.25) is 0 Å². The molecule has 3 heteroatoms. The average molecular weight is 244 g/mol. The lowest BCUT2D eigenvalue weighted by atomic mass is 9.94. The highest BCUT2D eigenvalue weighted by Crippen LogP contribution is 2.38. The standard InChI is InChI=1S/C15H20N2O/c1-14(2)9-13(15(3,4)18-14)17-12-7-5-11(10-16)6-8-12/h5-8,13,17H,9H2,1-4H3. The number of nitrogens with one attached hydrogen (secondary N) is 1. The maximum Gasteiger partial charge on any atom is 0.0991 e. The zero-order valence-electron chi connectivity index (χ0n) is 11.4. The van der Waals surface area contributed by atoms with Gasteiger partial charge in [0, 0.05) is 5.69 Å². The Labute approximate surface area is 109 Å². The van der Waals surface area contributed by atoms with Crippen LogP contribution in [0, 0.1) is 11.3 Å². The van der Waals surface area contributed by atoms with Crippen LogP contribution in [0.25, 0.3) is 0 Å². The third-order valence-electron chi connectivity index (χ3n) is 3.43. The van der Waals surface area contributed by atoms with Gasteiger partial charge in [-0.3, -0.25) is 0 Å². The van der Waals surface area contributed by atoms with Crippen LogP contribution in [-0.4, -0.2) is 17.2 Å². The second-order valence-electron chi connectivity index (χ2n) is 6.06. The topological polar surface area (TPSA) is 45.0 Å². The summed E-state index contributed by atoms with van der Waals surface area (Å²) in [6, 6.07) is 9.95. The van der Waals surface area contributed by atoms with Gasteiger partial charge in [0.05, 0.1) is 28.9 Å². The number of hydrogen-bond acceptors (Lipinski definition) is 3. The fourth-order valence-corrected chi connectivity index (χ4v) is 2.63. The Hall–Kier alpha value is -1.53. The van der Waals surface area contributed by atoms with Crippen molar-refractivity contribution in [3.05, 3.63) is 29.8 Å². The molecule has 1 atom stereocenters. The summed E-state index contributed by atoms with van der Waals surface area (Å²) in [6.07, 6.45) is 0.972. The van der Waals surface area contributed by atoms with Crippen LogP contribution in [0.1, 0.15) is 39.7 Å². The van der Waals surface area contributed by atoms with E-state index in [1.165, 1.54) is 0 Å². The van der Waals surface area contributed by atoms with E-state index in [-0.39, 0.29) is 17.2 Å². The molecule has 18 heavy (non-hydrogen) atoms. The maximum absolute atomic E-state index is 8.77. The van der Waals surface area contributed by atoms with Crippen LogP contribution in [0.4, 0.5) is 5.69 Å². The van der Waals surface area contributed by atoms with Crippen LogP contribution in [-0.2, 0) is 4.74 Å². The smallest absolute Gasteiger partial charge is 0.0991 e. The van der Waals surface area contributed by atoms with Gasteiger partial charge >= 0.3 is 0 Å². The van der Waals surface area contributed by atoms with Crippen LogP contribution in [0.15, 0.2) is 24.3 Å². The molecule has 1 aliphatic rings. The Balaban J connectivity index is 2.12. The SMILES string of the molecule is CC1(C)CC(Nc2ccc(C#N)cc2)C(C)(C)O1. The molecule has 0 radical (unpaired) electrons. The Bertz CT molecular complexity index is 468. The predicted molar refractivity (Wildman–Crippen MR) is 72.4 cm³/mol. The normalized spacial score (nSPS) is 24.5. The molecule has 1 aliphatic heterocycles. The number of anilines is 1. The summed E-state index contributed by atoms with van der Waals surface area (Å²) in [7, 11) is 0. The van der Waals surface area contributed by atoms with Gasteiger partial charge in [-0.05, 0) is 58.4 Å². The van der Waals surface area contributed by atoms with Gasteiger partial charge in [-0.15, -0.1) is 0 Å². The molecule has 1 aromatic carbocycles. The molecule has 0 amide bonds. The lowest BCUT2D eigenvalue weighted by Gasteiger charge is -2.28. The third kappa shape index (κ3) is 2.65. The van der Waals surface area contributed by atoms with E-state index >= 15 is 0 Å². The summed E-state index contributed by atoms with van der Waals surface area (Å²) in [4.78, 5) is 0. The van der Waals surface area contributed by atoms with Crippen molar-refractivity contribution >= 4 is 5.69 Å². The minimum Gasteiger partial charge on any atom is -0.379 e. The summed E-state index contributed by atoms with van der Waals surface area (Å²) >= 11 is 0. The van der Waals surface area contributed by atoms with E-state index in [2.05, 4.69) is 39.1 Å². The molecule has 1 unspecified atom stereocenters. The first-order valence-corrected chi connectivity index (χ1v) is 6.29. The van der Waals surface area contributed by atoms with Crippen molar-refractivity contribution in [3.8, 4) is 6.07 Å². The molecule has 1 N–H and O–H groups in total. The Morgan fingerprint density at radius 1 is 1.22 bits per heavy atom. The van der Waals surface area contributed by atoms with E-state index in [1.807, 2.05) is 24.3 Å². The number of nitriles is 1. The largest absolute Gasteiger partial charge is 0.379 e. The van der Waals surface area contributed by atoms with Crippen LogP contribution in [0.5, 0.6) is 0 Å². The lowest BCUT2D eigenvalue weighted by Crippen LogP contribution is -2.38. The second kappa shape index (κ2) is 4.29. The highest BCUT2D eigenvalue weighted by molar-refractivity contribution is 5.48. The lowest BCUT2D eigenvalue weighted by molar-refractivity contribution is -0.0662. The number of ether oxygens (including phenoxy) is 1. The Kier molecular flexibility index (Phi) is 3.08. The Morgan fingerprint density at radius 3 is 2.28 bits per heavy atom. The van der Waals surface area contributed by atoms with E-state index in [9.17, 15) is 0 Å². The molecule has 0 saturated carbocycles. The molecule has 0 aliphatic carbocycles. The van der Waals surface area contributed by atoms with Crippen molar-refractivity contribution in [2.45, 2.75) is 51.4 Å². The van der Waals surface area contributed by atoms with E-state index in [4.69, 9.17) is 10.00 Å². The summed E-state index contributed by atoms with van der Waals surface area (Å²) in [6.45, 7) is 8.47. The van der Waals surface area contributed by atoms with Gasteiger partial charge in [0.25, 0.3) is 0 Å². The van der Waals surface area contributed by atoms with Crippen molar-refractivity contribution in [2.75, 3.05) is 5.32 Å². The van der Waals surface area contributed by atoms with Crippen LogP contribution in [0.2, 0.25) is 0 Å². The van der Waals surface area contributed by atoms with E-state index < -0.39 is 0 Å². The van der Waals surface area contributed by atoms with Crippen LogP contribution in [0.3, 0.4) is 0 Å².